The number of nitrogens with zero attached hydrogens (tertiary/aromatic N) is 6. The summed E-state index contributed by atoms with van der Waals surface area (Å²) in [6, 6.07) is 12.5. The molecule has 0 saturated carbocycles. The van der Waals surface area contributed by atoms with Gasteiger partial charge in [-0.25, -0.2) is 9.97 Å². The van der Waals surface area contributed by atoms with Crippen LogP contribution in [0, 0.1) is 5.92 Å². The predicted molar refractivity (Wildman–Crippen MR) is 146 cm³/mol. The normalized spacial score (nSPS) is 22.2. The summed E-state index contributed by atoms with van der Waals surface area (Å²) in [7, 11) is 2.14. The Balaban J connectivity index is 1.28. The molecule has 202 valence electrons. The number of likely N-dealkylation sites (N-methyl/N-ethyl adjacent to an activating group) is 1. The predicted octanol–water partition coefficient (Wildman–Crippen LogP) is 3.06. The molecule has 3 aromatic rings. The highest BCUT2D eigenvalue weighted by atomic mass is 16.3. The van der Waals surface area contributed by atoms with Crippen molar-refractivity contribution in [2.75, 3.05) is 25.5 Å². The highest BCUT2D eigenvalue weighted by molar-refractivity contribution is 5.80. The smallest absolute Gasteiger partial charge is 0.227 e. The highest BCUT2D eigenvalue weighted by Crippen LogP contribution is 2.35. The minimum atomic E-state index is -0.826. The molecule has 9 nitrogen and oxygen atoms in total. The summed E-state index contributed by atoms with van der Waals surface area (Å²) in [5, 5.41) is 17.8. The largest absolute Gasteiger partial charge is 0.389 e. The first-order valence-electron chi connectivity index (χ1n) is 13.5. The van der Waals surface area contributed by atoms with Gasteiger partial charge in [0.05, 0.1) is 36.6 Å². The number of carbonyl (C=O) groups is 1. The summed E-state index contributed by atoms with van der Waals surface area (Å²) in [6.07, 6.45) is 5.37. The first-order chi connectivity index (χ1) is 18.2. The minimum absolute atomic E-state index is 0.0314. The number of benzene rings is 1. The van der Waals surface area contributed by atoms with E-state index in [9.17, 15) is 9.90 Å². The second-order valence-electron chi connectivity index (χ2n) is 11.5. The van der Waals surface area contributed by atoms with Gasteiger partial charge in [0.2, 0.25) is 11.9 Å². The molecule has 0 unspecified atom stereocenters. The van der Waals surface area contributed by atoms with Crippen molar-refractivity contribution in [3.8, 4) is 0 Å². The van der Waals surface area contributed by atoms with E-state index in [-0.39, 0.29) is 23.8 Å². The summed E-state index contributed by atoms with van der Waals surface area (Å²) >= 11 is 0. The number of aliphatic hydroxyl groups is 1. The van der Waals surface area contributed by atoms with Crippen LogP contribution in [0.3, 0.4) is 0 Å². The van der Waals surface area contributed by atoms with E-state index >= 15 is 0 Å². The van der Waals surface area contributed by atoms with Crippen LogP contribution in [0.2, 0.25) is 0 Å². The van der Waals surface area contributed by atoms with Gasteiger partial charge in [0.15, 0.2) is 0 Å². The summed E-state index contributed by atoms with van der Waals surface area (Å²) < 4.78 is 1.74. The van der Waals surface area contributed by atoms with Gasteiger partial charge in [0.1, 0.15) is 0 Å². The lowest BCUT2D eigenvalue weighted by molar-refractivity contribution is -0.141. The van der Waals surface area contributed by atoms with Gasteiger partial charge >= 0.3 is 0 Å². The maximum absolute atomic E-state index is 14.0. The Morgan fingerprint density at radius 2 is 2.00 bits per heavy atom. The lowest BCUT2D eigenvalue weighted by atomic mass is 9.79. The fraction of sp³-hybridized carbons (Fsp3) is 0.517. The number of rotatable bonds is 7. The first kappa shape index (κ1) is 26.3. The number of carbonyl (C=O) groups excluding carboxylic acids is 1. The van der Waals surface area contributed by atoms with Crippen molar-refractivity contribution in [3.63, 3.8) is 0 Å². The maximum Gasteiger partial charge on any atom is 0.227 e. The molecule has 0 radical (unpaired) electrons. The van der Waals surface area contributed by atoms with Crippen molar-refractivity contribution < 1.29 is 9.90 Å². The molecule has 0 aliphatic carbocycles. The van der Waals surface area contributed by atoms with Gasteiger partial charge in [-0.3, -0.25) is 9.48 Å². The zero-order valence-electron chi connectivity index (χ0n) is 22.8. The van der Waals surface area contributed by atoms with Crippen LogP contribution in [0.1, 0.15) is 55.6 Å². The molecule has 3 atom stereocenters. The van der Waals surface area contributed by atoms with Gasteiger partial charge in [-0.05, 0) is 64.4 Å². The molecule has 1 saturated heterocycles. The Labute approximate surface area is 224 Å². The fourth-order valence-electron chi connectivity index (χ4n) is 5.69. The van der Waals surface area contributed by atoms with E-state index in [0.29, 0.717) is 25.6 Å². The third kappa shape index (κ3) is 6.05. The average molecular weight is 518 g/mol. The Morgan fingerprint density at radius 3 is 2.76 bits per heavy atom. The number of piperidine rings is 1. The van der Waals surface area contributed by atoms with Gasteiger partial charge in [-0.1, -0.05) is 30.3 Å². The molecule has 0 bridgehead atoms. The number of amides is 1. The molecule has 2 N–H and O–H groups in total. The summed E-state index contributed by atoms with van der Waals surface area (Å²) in [5.74, 6) is 0.922. The number of anilines is 1. The number of nitrogens with one attached hydrogen (secondary N) is 1. The summed E-state index contributed by atoms with van der Waals surface area (Å²) in [5.41, 5.74) is 3.26. The quantitative estimate of drug-likeness (QED) is 0.497. The van der Waals surface area contributed by atoms with Crippen LogP contribution in [0.5, 0.6) is 0 Å². The van der Waals surface area contributed by atoms with Crippen LogP contribution in [0.4, 0.5) is 5.95 Å². The van der Waals surface area contributed by atoms with Gasteiger partial charge in [-0.2, -0.15) is 5.10 Å². The molecule has 4 heterocycles. The van der Waals surface area contributed by atoms with Crippen molar-refractivity contribution in [2.45, 2.75) is 70.8 Å². The van der Waals surface area contributed by atoms with E-state index in [4.69, 9.17) is 4.98 Å². The van der Waals surface area contributed by atoms with Crippen molar-refractivity contribution in [2.24, 2.45) is 5.92 Å². The van der Waals surface area contributed by atoms with Crippen LogP contribution in [-0.2, 0) is 30.8 Å². The Hall–Kier alpha value is -3.30. The second-order valence-corrected chi connectivity index (χ2v) is 11.5. The molecule has 1 fully saturated rings. The molecule has 38 heavy (non-hydrogen) atoms. The number of fused-ring (bicyclic) bond motifs is 1. The molecule has 2 aromatic heterocycles. The van der Waals surface area contributed by atoms with E-state index in [1.165, 1.54) is 5.56 Å². The zero-order valence-corrected chi connectivity index (χ0v) is 22.8. The molecular weight excluding hydrogens is 478 g/mol. The standard InChI is InChI=1S/C29H39N7O2/c1-20-14-22-15-30-28(31-16-23-10-13-35(33-23)19-29(2,3)38)32-26(22)18-36(20)27(37)24-11-12-34(4)17-25(24)21-8-6-5-7-9-21/h5-10,13,15,20,24-25,38H,11-12,14,16-19H2,1-4H3,(H,30,31,32)/t20-,24+,25-/m1/s1. The minimum Gasteiger partial charge on any atom is -0.389 e. The molecule has 2 aliphatic rings. The van der Waals surface area contributed by atoms with Gasteiger partial charge in [0.25, 0.3) is 0 Å². The van der Waals surface area contributed by atoms with Crippen molar-refractivity contribution >= 4 is 11.9 Å². The summed E-state index contributed by atoms with van der Waals surface area (Å²) in [6.45, 7) is 8.87. The lowest BCUT2D eigenvalue weighted by Gasteiger charge is -2.42. The van der Waals surface area contributed by atoms with Crippen LogP contribution >= 0.6 is 0 Å². The van der Waals surface area contributed by atoms with Crippen molar-refractivity contribution in [1.82, 2.24) is 29.5 Å². The van der Waals surface area contributed by atoms with Crippen LogP contribution in [-0.4, -0.2) is 72.3 Å². The second kappa shape index (κ2) is 10.8. The molecular formula is C29H39N7O2. The fourth-order valence-corrected chi connectivity index (χ4v) is 5.69. The zero-order chi connectivity index (χ0) is 26.9. The molecule has 1 amide bonds. The van der Waals surface area contributed by atoms with Gasteiger partial charge in [-0.15, -0.1) is 0 Å². The topological polar surface area (TPSA) is 99.4 Å². The summed E-state index contributed by atoms with van der Waals surface area (Å²) in [4.78, 5) is 27.7. The number of aromatic nitrogens is 4. The van der Waals surface area contributed by atoms with E-state index in [1.54, 1.807) is 18.5 Å². The Kier molecular flexibility index (Phi) is 7.49. The Morgan fingerprint density at radius 1 is 1.21 bits per heavy atom. The highest BCUT2D eigenvalue weighted by Gasteiger charge is 2.39. The molecule has 0 spiro atoms. The lowest BCUT2D eigenvalue weighted by Crippen LogP contribution is -2.50. The third-order valence-corrected chi connectivity index (χ3v) is 7.64. The third-order valence-electron chi connectivity index (χ3n) is 7.64. The molecule has 5 rings (SSSR count). The first-order valence-corrected chi connectivity index (χ1v) is 13.5. The van der Waals surface area contributed by atoms with E-state index in [0.717, 1.165) is 42.9 Å². The molecule has 1 aromatic carbocycles. The Bertz CT molecular complexity index is 1250. The molecule has 2 aliphatic heterocycles. The van der Waals surface area contributed by atoms with Crippen molar-refractivity contribution in [3.05, 3.63) is 71.3 Å². The maximum atomic E-state index is 14.0. The van der Waals surface area contributed by atoms with Crippen molar-refractivity contribution in [1.29, 1.82) is 0 Å². The SMILES string of the molecule is C[C@@H]1Cc2cnc(NCc3ccn(CC(C)(C)O)n3)nc2CN1C(=O)[C@H]1CCN(C)C[C@@H]1c1ccccc1. The molecule has 9 heteroatoms. The number of likely N-dealkylation sites (tertiary alicyclic amines) is 1. The van der Waals surface area contributed by atoms with Crippen LogP contribution < -0.4 is 5.32 Å². The monoisotopic (exact) mass is 517 g/mol. The number of hydrogen-bond acceptors (Lipinski definition) is 7. The van der Waals surface area contributed by atoms with Crippen LogP contribution in [0.15, 0.2) is 48.8 Å². The van der Waals surface area contributed by atoms with E-state index in [2.05, 4.69) is 58.5 Å². The van der Waals surface area contributed by atoms with E-state index in [1.807, 2.05) is 29.4 Å². The van der Waals surface area contributed by atoms with Gasteiger partial charge in [0, 0.05) is 36.8 Å². The van der Waals surface area contributed by atoms with Crippen LogP contribution in [0.25, 0.3) is 0 Å². The average Bonchev–Trinajstić information content (AvgIpc) is 3.32. The number of hydrogen-bond donors (Lipinski definition) is 2. The van der Waals surface area contributed by atoms with E-state index < -0.39 is 5.60 Å². The van der Waals surface area contributed by atoms with Gasteiger partial charge < -0.3 is 20.2 Å².